The van der Waals surface area contributed by atoms with Gasteiger partial charge in [0.2, 0.25) is 0 Å². The van der Waals surface area contributed by atoms with E-state index in [-0.39, 0.29) is 95.1 Å². The molecule has 0 rings (SSSR count). The van der Waals surface area contributed by atoms with E-state index >= 15 is 0 Å². The zero-order valence-corrected chi connectivity index (χ0v) is 18.3. The molecule has 0 aliphatic rings. The molecule has 180 valence electrons. The van der Waals surface area contributed by atoms with Crippen LogP contribution in [0.5, 0.6) is 0 Å². The van der Waals surface area contributed by atoms with Gasteiger partial charge in [0, 0.05) is 21.3 Å². The molecule has 0 aliphatic carbocycles. The van der Waals surface area contributed by atoms with Crippen molar-refractivity contribution >= 4 is 121 Å². The first kappa shape index (κ1) is 41.0. The third-order valence-corrected chi connectivity index (χ3v) is 8.04. The summed E-state index contributed by atoms with van der Waals surface area (Å²) >= 11 is 0. The average molecular weight is 526 g/mol. The van der Waals surface area contributed by atoms with Crippen LogP contribution in [0.1, 0.15) is 39.0 Å². The second-order valence-corrected chi connectivity index (χ2v) is 9.97. The summed E-state index contributed by atoms with van der Waals surface area (Å²) in [6.45, 7) is 1.65. The Kier molecular flexibility index (Phi) is 22.6. The van der Waals surface area contributed by atoms with Crippen molar-refractivity contribution in [1.29, 1.82) is 0 Å². The van der Waals surface area contributed by atoms with E-state index in [9.17, 15) is 39.6 Å². The summed E-state index contributed by atoms with van der Waals surface area (Å²) in [6, 6.07) is 0. The fraction of sp³-hybridized carbons (Fsp3) is 0.750. The Morgan fingerprint density at radius 1 is 0.788 bits per heavy atom. The first-order chi connectivity index (χ1) is 13.8. The van der Waals surface area contributed by atoms with Gasteiger partial charge in [-0.15, -0.1) is 0 Å². The van der Waals surface area contributed by atoms with E-state index in [1.165, 1.54) is 21.3 Å². The third kappa shape index (κ3) is 11.7. The fourth-order valence-electron chi connectivity index (χ4n) is 3.57. The zero-order chi connectivity index (χ0) is 23.8. The van der Waals surface area contributed by atoms with Crippen LogP contribution in [-0.4, -0.2) is 180 Å². The normalized spacial score (nSPS) is 12.4. The minimum atomic E-state index is -3.56. The van der Waals surface area contributed by atoms with E-state index in [1.54, 1.807) is 6.92 Å². The summed E-state index contributed by atoms with van der Waals surface area (Å²) in [7, 11) is 0.280. The van der Waals surface area contributed by atoms with Crippen molar-refractivity contribution in [2.45, 2.75) is 55.8 Å². The number of nitrogens with one attached hydrogen (secondary N) is 1. The molecule has 0 aromatic rings. The fourth-order valence-corrected chi connectivity index (χ4v) is 5.87. The maximum absolute atomic E-state index is 11.7. The van der Waals surface area contributed by atoms with Crippen molar-refractivity contribution < 1.29 is 52.9 Å². The SMILES string of the molecule is CCC(NC(CC(=O)O)(CC(=O)O)C(N)(CC(=O)O)CC(=O)O)[Si](OC)(OC)OC.[NaH].[NaH].[NaH]. The second-order valence-electron chi connectivity index (χ2n) is 6.84. The van der Waals surface area contributed by atoms with Gasteiger partial charge in [0.1, 0.15) is 0 Å². The Bertz CT molecular complexity index is 613. The minimum absolute atomic E-state index is 0. The molecule has 0 spiro atoms. The van der Waals surface area contributed by atoms with Crippen LogP contribution in [0.4, 0.5) is 0 Å². The monoisotopic (exact) mass is 526 g/mol. The van der Waals surface area contributed by atoms with Gasteiger partial charge < -0.3 is 44.8 Å². The van der Waals surface area contributed by atoms with Crippen LogP contribution in [0.15, 0.2) is 0 Å². The number of carboxylic acid groups (broad SMARTS) is 4. The van der Waals surface area contributed by atoms with Crippen LogP contribution in [0.25, 0.3) is 0 Å². The summed E-state index contributed by atoms with van der Waals surface area (Å²) < 4.78 is 16.2. The molecule has 1 atom stereocenters. The predicted molar refractivity (Wildman–Crippen MR) is 124 cm³/mol. The van der Waals surface area contributed by atoms with E-state index in [0.29, 0.717) is 0 Å². The van der Waals surface area contributed by atoms with Crippen LogP contribution in [-0.2, 0) is 32.5 Å². The summed E-state index contributed by atoms with van der Waals surface area (Å²) in [4.78, 5) is 46.3. The van der Waals surface area contributed by atoms with Crippen molar-refractivity contribution in [1.82, 2.24) is 5.32 Å². The van der Waals surface area contributed by atoms with Gasteiger partial charge in [0.05, 0.1) is 42.4 Å². The molecule has 0 heterocycles. The molecule has 0 amide bonds. The number of hydrogen-bond acceptors (Lipinski definition) is 9. The van der Waals surface area contributed by atoms with Gasteiger partial charge in [-0.25, -0.2) is 0 Å². The number of rotatable bonds is 16. The van der Waals surface area contributed by atoms with E-state index in [0.717, 1.165) is 0 Å². The Labute approximate surface area is 259 Å². The van der Waals surface area contributed by atoms with Gasteiger partial charge in [0.15, 0.2) is 0 Å². The molecule has 13 nitrogen and oxygen atoms in total. The van der Waals surface area contributed by atoms with Crippen molar-refractivity contribution in [3.63, 3.8) is 0 Å². The number of carbonyl (C=O) groups is 4. The molecule has 0 saturated carbocycles. The van der Waals surface area contributed by atoms with Crippen molar-refractivity contribution in [2.24, 2.45) is 5.73 Å². The van der Waals surface area contributed by atoms with Crippen LogP contribution < -0.4 is 11.1 Å². The van der Waals surface area contributed by atoms with Crippen LogP contribution in [0.3, 0.4) is 0 Å². The quantitative estimate of drug-likeness (QED) is 0.112. The van der Waals surface area contributed by atoms with Gasteiger partial charge in [-0.1, -0.05) is 6.92 Å². The van der Waals surface area contributed by atoms with E-state index in [4.69, 9.17) is 19.0 Å². The van der Waals surface area contributed by atoms with Gasteiger partial charge in [0.25, 0.3) is 0 Å². The van der Waals surface area contributed by atoms with Crippen LogP contribution in [0, 0.1) is 0 Å². The van der Waals surface area contributed by atoms with E-state index < -0.39 is 75.1 Å². The van der Waals surface area contributed by atoms with Gasteiger partial charge in [-0.3, -0.25) is 19.2 Å². The standard InChI is InChI=1S/C16H30N2O11Si.3Na.3H/c1-5-10(30(27-2,28-3)29-4)18-16(8-13(23)24,9-14(25)26)15(17,6-11(19)20)7-12(21)22;;;;;;/h10,18H,5-9,17H2,1-4H3,(H,19,20)(H,21,22)(H,23,24)(H,25,26);;;;;;. The molecule has 0 radical (unpaired) electrons. The number of carboxylic acids is 4. The molecule has 0 fully saturated rings. The summed E-state index contributed by atoms with van der Waals surface area (Å²) in [5, 5.41) is 40.4. The Morgan fingerprint density at radius 2 is 1.09 bits per heavy atom. The molecule has 0 aromatic carbocycles. The Morgan fingerprint density at radius 3 is 1.30 bits per heavy atom. The molecule has 0 saturated heterocycles. The summed E-state index contributed by atoms with van der Waals surface area (Å²) in [5.41, 5.74) is 0.760. The predicted octanol–water partition coefficient (Wildman–Crippen LogP) is -2.84. The number of aliphatic carboxylic acids is 4. The number of nitrogens with two attached hydrogens (primary N) is 1. The van der Waals surface area contributed by atoms with E-state index in [2.05, 4.69) is 5.32 Å². The van der Waals surface area contributed by atoms with Crippen molar-refractivity contribution in [3.05, 3.63) is 0 Å². The molecule has 17 heteroatoms. The van der Waals surface area contributed by atoms with Gasteiger partial charge >= 0.3 is 121 Å². The molecular formula is C16H33N2Na3O11Si. The topological polar surface area (TPSA) is 215 Å². The van der Waals surface area contributed by atoms with E-state index in [1.807, 2.05) is 0 Å². The molecule has 0 bridgehead atoms. The molecule has 7 N–H and O–H groups in total. The van der Waals surface area contributed by atoms with Crippen molar-refractivity contribution in [2.75, 3.05) is 21.3 Å². The zero-order valence-electron chi connectivity index (χ0n) is 17.3. The maximum atomic E-state index is 11.7. The third-order valence-electron chi connectivity index (χ3n) is 4.93. The summed E-state index contributed by atoms with van der Waals surface area (Å²) in [5.74, 6) is -6.07. The second kappa shape index (κ2) is 18.2. The Hall–Kier alpha value is 0.897. The van der Waals surface area contributed by atoms with Crippen LogP contribution in [0.2, 0.25) is 0 Å². The molecule has 1 unspecified atom stereocenters. The summed E-state index contributed by atoms with van der Waals surface area (Å²) in [6.07, 6.45) is -3.79. The molecular weight excluding hydrogens is 493 g/mol. The van der Waals surface area contributed by atoms with Crippen LogP contribution >= 0.6 is 0 Å². The molecule has 33 heavy (non-hydrogen) atoms. The number of hydrogen-bond donors (Lipinski definition) is 6. The van der Waals surface area contributed by atoms with Gasteiger partial charge in [-0.05, 0) is 6.42 Å². The van der Waals surface area contributed by atoms with Gasteiger partial charge in [-0.2, -0.15) is 0 Å². The average Bonchev–Trinajstić information content (AvgIpc) is 2.59. The molecule has 0 aromatic heterocycles. The first-order valence-electron chi connectivity index (χ1n) is 8.86. The Balaban J connectivity index is -0.00000140. The molecule has 0 aliphatic heterocycles. The van der Waals surface area contributed by atoms with Crippen molar-refractivity contribution in [3.8, 4) is 0 Å². The first-order valence-corrected chi connectivity index (χ1v) is 10.7.